The Hall–Kier alpha value is -3.28. The lowest BCUT2D eigenvalue weighted by molar-refractivity contribution is -0.148. The van der Waals surface area contributed by atoms with E-state index in [9.17, 15) is 4.79 Å². The number of carbonyl (C=O) groups excluding carboxylic acids is 1. The first-order chi connectivity index (χ1) is 12.3. The number of rotatable bonds is 4. The Labute approximate surface area is 144 Å². The lowest BCUT2D eigenvalue weighted by Crippen LogP contribution is -2.12. The maximum absolute atomic E-state index is 11.4. The number of esters is 1. The highest BCUT2D eigenvalue weighted by atomic mass is 16.7. The van der Waals surface area contributed by atoms with Crippen molar-refractivity contribution in [1.82, 2.24) is 9.97 Å². The van der Waals surface area contributed by atoms with Crippen molar-refractivity contribution in [3.63, 3.8) is 0 Å². The van der Waals surface area contributed by atoms with E-state index in [0.717, 1.165) is 27.9 Å². The van der Waals surface area contributed by atoms with Crippen LogP contribution in [0.4, 0.5) is 0 Å². The minimum absolute atomic E-state index is 0.240. The molecule has 0 bridgehead atoms. The zero-order valence-electron chi connectivity index (χ0n) is 13.6. The van der Waals surface area contributed by atoms with E-state index in [1.165, 1.54) is 0 Å². The summed E-state index contributed by atoms with van der Waals surface area (Å²) in [6.07, 6.45) is 0. The highest BCUT2D eigenvalue weighted by molar-refractivity contribution is 6.23. The molecular formula is C19H15N3O3. The lowest BCUT2D eigenvalue weighted by Gasteiger charge is -2.03. The minimum atomic E-state index is -0.456. The predicted octanol–water partition coefficient (Wildman–Crippen LogP) is 2.94. The molecule has 3 aromatic rings. The van der Waals surface area contributed by atoms with Crippen LogP contribution < -0.4 is 0 Å². The Morgan fingerprint density at radius 2 is 1.60 bits per heavy atom. The van der Waals surface area contributed by atoms with Gasteiger partial charge >= 0.3 is 5.97 Å². The number of ether oxygens (including phenoxy) is 1. The van der Waals surface area contributed by atoms with Gasteiger partial charge in [0.2, 0.25) is 6.61 Å². The smallest absolute Gasteiger partial charge is 0.347 e. The van der Waals surface area contributed by atoms with Gasteiger partial charge in [-0.15, -0.1) is 0 Å². The minimum Gasteiger partial charge on any atom is -0.463 e. The number of benzene rings is 2. The molecule has 6 heteroatoms. The third kappa shape index (κ3) is 2.71. The van der Waals surface area contributed by atoms with Crippen LogP contribution in [0.25, 0.3) is 22.3 Å². The van der Waals surface area contributed by atoms with Gasteiger partial charge in [0.05, 0.1) is 23.3 Å². The molecule has 0 unspecified atom stereocenters. The van der Waals surface area contributed by atoms with E-state index in [4.69, 9.17) is 19.5 Å². The van der Waals surface area contributed by atoms with Gasteiger partial charge in [-0.2, -0.15) is 0 Å². The predicted molar refractivity (Wildman–Crippen MR) is 93.2 cm³/mol. The van der Waals surface area contributed by atoms with E-state index < -0.39 is 5.97 Å². The summed E-state index contributed by atoms with van der Waals surface area (Å²) >= 11 is 0. The van der Waals surface area contributed by atoms with Crippen LogP contribution in [0.5, 0.6) is 0 Å². The molecule has 0 saturated heterocycles. The van der Waals surface area contributed by atoms with Gasteiger partial charge in [0.1, 0.15) is 11.4 Å². The zero-order valence-corrected chi connectivity index (χ0v) is 13.6. The van der Waals surface area contributed by atoms with Gasteiger partial charge in [0.15, 0.2) is 0 Å². The van der Waals surface area contributed by atoms with Gasteiger partial charge in [0.25, 0.3) is 0 Å². The summed E-state index contributed by atoms with van der Waals surface area (Å²) in [7, 11) is 0. The molecular weight excluding hydrogens is 318 g/mol. The van der Waals surface area contributed by atoms with Crippen LogP contribution in [-0.2, 0) is 14.4 Å². The number of hydrogen-bond acceptors (Lipinski definition) is 6. The Morgan fingerprint density at radius 1 is 0.960 bits per heavy atom. The number of aromatic nitrogens is 2. The average molecular weight is 333 g/mol. The second-order valence-electron chi connectivity index (χ2n) is 5.47. The van der Waals surface area contributed by atoms with Crippen molar-refractivity contribution < 1.29 is 14.4 Å². The molecule has 0 spiro atoms. The van der Waals surface area contributed by atoms with Crippen LogP contribution in [-0.4, -0.2) is 34.9 Å². The van der Waals surface area contributed by atoms with E-state index in [1.807, 2.05) is 48.5 Å². The van der Waals surface area contributed by atoms with Gasteiger partial charge < -0.3 is 9.57 Å². The van der Waals surface area contributed by atoms with Crippen LogP contribution >= 0.6 is 0 Å². The topological polar surface area (TPSA) is 73.7 Å². The quantitative estimate of drug-likeness (QED) is 0.424. The van der Waals surface area contributed by atoms with Gasteiger partial charge in [-0.05, 0) is 19.1 Å². The highest BCUT2D eigenvalue weighted by Gasteiger charge is 2.28. The third-order valence-electron chi connectivity index (χ3n) is 3.88. The van der Waals surface area contributed by atoms with E-state index in [0.29, 0.717) is 18.0 Å². The van der Waals surface area contributed by atoms with Crippen molar-refractivity contribution in [1.29, 1.82) is 0 Å². The van der Waals surface area contributed by atoms with Gasteiger partial charge in [-0.3, -0.25) is 0 Å². The summed E-state index contributed by atoms with van der Waals surface area (Å²) in [5.41, 5.74) is 5.45. The highest BCUT2D eigenvalue weighted by Crippen LogP contribution is 2.35. The molecule has 1 aliphatic rings. The van der Waals surface area contributed by atoms with Crippen molar-refractivity contribution in [3.8, 4) is 11.3 Å². The average Bonchev–Trinajstić information content (AvgIpc) is 2.94. The van der Waals surface area contributed by atoms with Crippen LogP contribution in [0.1, 0.15) is 18.2 Å². The fraction of sp³-hybridized carbons (Fsp3) is 0.158. The van der Waals surface area contributed by atoms with Gasteiger partial charge in [-0.25, -0.2) is 14.8 Å². The molecule has 0 N–H and O–H groups in total. The van der Waals surface area contributed by atoms with Gasteiger partial charge in [-0.1, -0.05) is 41.6 Å². The Balaban J connectivity index is 1.78. The van der Waals surface area contributed by atoms with Crippen LogP contribution in [0.2, 0.25) is 0 Å². The fourth-order valence-corrected chi connectivity index (χ4v) is 2.82. The maximum Gasteiger partial charge on any atom is 0.347 e. The monoisotopic (exact) mass is 333 g/mol. The summed E-state index contributed by atoms with van der Waals surface area (Å²) in [5, 5.41) is 4.15. The Kier molecular flexibility index (Phi) is 3.85. The Bertz CT molecular complexity index is 998. The second-order valence-corrected chi connectivity index (χ2v) is 5.47. The summed E-state index contributed by atoms with van der Waals surface area (Å²) in [6, 6.07) is 15.5. The summed E-state index contributed by atoms with van der Waals surface area (Å²) in [4.78, 5) is 26.1. The number of carbonyl (C=O) groups is 1. The summed E-state index contributed by atoms with van der Waals surface area (Å²) < 4.78 is 4.84. The summed E-state index contributed by atoms with van der Waals surface area (Å²) in [6.45, 7) is 1.81. The molecule has 124 valence electrons. The normalized spacial score (nSPS) is 13.6. The standard InChI is InChI=1S/C19H15N3O3/c1-2-24-16(23)11-25-22-18-13-8-4-3-7-12(13)17-19(18)21-15-10-6-5-9-14(15)20-17/h3-10H,2,11H2,1H3/b22-18+. The molecule has 0 radical (unpaired) electrons. The van der Waals surface area contributed by atoms with Crippen molar-refractivity contribution in [2.45, 2.75) is 6.92 Å². The molecule has 0 fully saturated rings. The van der Waals surface area contributed by atoms with Crippen molar-refractivity contribution in [2.75, 3.05) is 13.2 Å². The number of fused-ring (bicyclic) bond motifs is 4. The third-order valence-corrected chi connectivity index (χ3v) is 3.88. The van der Waals surface area contributed by atoms with Crippen molar-refractivity contribution >= 4 is 22.7 Å². The van der Waals surface area contributed by atoms with Gasteiger partial charge in [0, 0.05) is 11.1 Å². The van der Waals surface area contributed by atoms with E-state index in [-0.39, 0.29) is 6.61 Å². The second kappa shape index (κ2) is 6.32. The molecule has 1 heterocycles. The molecule has 6 nitrogen and oxygen atoms in total. The molecule has 4 rings (SSSR count). The molecule has 0 atom stereocenters. The molecule has 0 aliphatic heterocycles. The number of oxime groups is 1. The van der Waals surface area contributed by atoms with Crippen LogP contribution in [0, 0.1) is 0 Å². The molecule has 1 aliphatic carbocycles. The number of hydrogen-bond donors (Lipinski definition) is 0. The first-order valence-corrected chi connectivity index (χ1v) is 8.00. The van der Waals surface area contributed by atoms with Crippen LogP contribution in [0.15, 0.2) is 53.7 Å². The molecule has 25 heavy (non-hydrogen) atoms. The first-order valence-electron chi connectivity index (χ1n) is 8.00. The first kappa shape index (κ1) is 15.3. The Morgan fingerprint density at radius 3 is 2.32 bits per heavy atom. The van der Waals surface area contributed by atoms with E-state index in [2.05, 4.69) is 5.16 Å². The molecule has 0 saturated carbocycles. The number of nitrogens with zero attached hydrogens (tertiary/aromatic N) is 3. The van der Waals surface area contributed by atoms with E-state index in [1.54, 1.807) is 6.92 Å². The molecule has 1 aromatic heterocycles. The lowest BCUT2D eigenvalue weighted by atomic mass is 10.1. The zero-order chi connectivity index (χ0) is 17.2. The fourth-order valence-electron chi connectivity index (χ4n) is 2.82. The largest absolute Gasteiger partial charge is 0.463 e. The van der Waals surface area contributed by atoms with Crippen molar-refractivity contribution in [3.05, 3.63) is 59.8 Å². The maximum atomic E-state index is 11.4. The summed E-state index contributed by atoms with van der Waals surface area (Å²) in [5.74, 6) is -0.456. The molecule has 0 amide bonds. The van der Waals surface area contributed by atoms with E-state index >= 15 is 0 Å². The van der Waals surface area contributed by atoms with Crippen LogP contribution in [0.3, 0.4) is 0 Å². The SMILES string of the molecule is CCOC(=O)CO/N=C1\c2ccccc2-c2nc3ccccc3nc21. The van der Waals surface area contributed by atoms with Crippen molar-refractivity contribution in [2.24, 2.45) is 5.16 Å². The number of para-hydroxylation sites is 2. The molecule has 2 aromatic carbocycles.